The van der Waals surface area contributed by atoms with Gasteiger partial charge in [0.2, 0.25) is 0 Å². The van der Waals surface area contributed by atoms with E-state index in [0.29, 0.717) is 23.5 Å². The monoisotopic (exact) mass is 440 g/mol. The van der Waals surface area contributed by atoms with E-state index in [1.165, 1.54) is 25.3 Å². The predicted octanol–water partition coefficient (Wildman–Crippen LogP) is 7.06. The highest BCUT2D eigenvalue weighted by Crippen LogP contribution is 2.65. The van der Waals surface area contributed by atoms with Crippen LogP contribution >= 0.6 is 0 Å². The van der Waals surface area contributed by atoms with Crippen molar-refractivity contribution in [2.45, 2.75) is 105 Å². The van der Waals surface area contributed by atoms with Crippen LogP contribution in [0.15, 0.2) is 23.3 Å². The molecule has 2 fully saturated rings. The highest BCUT2D eigenvalue weighted by Gasteiger charge is 2.57. The Kier molecular flexibility index (Phi) is 6.51. The highest BCUT2D eigenvalue weighted by atomic mass is 16.5. The van der Waals surface area contributed by atoms with Crippen LogP contribution in [0.1, 0.15) is 99.3 Å². The second-order valence-corrected chi connectivity index (χ2v) is 12.2. The normalized spacial score (nSPS) is 39.3. The molecule has 0 spiro atoms. The lowest BCUT2D eigenvalue weighted by molar-refractivity contribution is -0.148. The fraction of sp³-hybridized carbons (Fsp3) is 0.793. The topological polar surface area (TPSA) is 43.4 Å². The first kappa shape index (κ1) is 23.8. The van der Waals surface area contributed by atoms with E-state index in [1.54, 1.807) is 5.57 Å². The first-order valence-electron chi connectivity index (χ1n) is 13.2. The van der Waals surface area contributed by atoms with Gasteiger partial charge in [0.15, 0.2) is 0 Å². The molecular formula is C29H44O3. The molecule has 0 aromatic heterocycles. The SMILES string of the molecule is CC(=O)O[C@H]1CC[C@@]2(C)C(=CC[C@@H]3[C@@H]2CC[C@]2(C)C([C@H](C)C(=O)CCC(C)C)=CC[C@@H]32)C1. The molecule has 0 aliphatic heterocycles. The summed E-state index contributed by atoms with van der Waals surface area (Å²) >= 11 is 0. The fourth-order valence-corrected chi connectivity index (χ4v) is 8.06. The van der Waals surface area contributed by atoms with Gasteiger partial charge in [-0.2, -0.15) is 0 Å². The lowest BCUT2D eigenvalue weighted by atomic mass is 9.47. The van der Waals surface area contributed by atoms with Crippen LogP contribution in [0.25, 0.3) is 0 Å². The number of fused-ring (bicyclic) bond motifs is 5. The predicted molar refractivity (Wildman–Crippen MR) is 129 cm³/mol. The van der Waals surface area contributed by atoms with Gasteiger partial charge in [-0.05, 0) is 79.4 Å². The minimum Gasteiger partial charge on any atom is -0.462 e. The van der Waals surface area contributed by atoms with Crippen LogP contribution in [-0.4, -0.2) is 17.9 Å². The van der Waals surface area contributed by atoms with Crippen molar-refractivity contribution in [1.29, 1.82) is 0 Å². The third-order valence-corrected chi connectivity index (χ3v) is 9.95. The van der Waals surface area contributed by atoms with Gasteiger partial charge in [0.05, 0.1) is 0 Å². The van der Waals surface area contributed by atoms with Crippen molar-refractivity contribution in [2.75, 3.05) is 0 Å². The molecule has 0 N–H and O–H groups in total. The quantitative estimate of drug-likeness (QED) is 0.328. The number of carbonyl (C=O) groups is 2. The lowest BCUT2D eigenvalue weighted by Crippen LogP contribution is -2.50. The summed E-state index contributed by atoms with van der Waals surface area (Å²) in [5.74, 6) is 3.04. The Morgan fingerprint density at radius 2 is 1.75 bits per heavy atom. The molecule has 0 amide bonds. The molecule has 32 heavy (non-hydrogen) atoms. The summed E-state index contributed by atoms with van der Waals surface area (Å²) < 4.78 is 5.58. The number of carbonyl (C=O) groups excluding carboxylic acids is 2. The maximum atomic E-state index is 13.0. The maximum Gasteiger partial charge on any atom is 0.302 e. The highest BCUT2D eigenvalue weighted by molar-refractivity contribution is 5.83. The zero-order valence-electron chi connectivity index (χ0n) is 21.2. The Hall–Kier alpha value is -1.38. The van der Waals surface area contributed by atoms with E-state index in [9.17, 15) is 9.59 Å². The number of hydrogen-bond donors (Lipinski definition) is 0. The van der Waals surface area contributed by atoms with Gasteiger partial charge in [-0.25, -0.2) is 0 Å². The minimum absolute atomic E-state index is 0.0645. The lowest BCUT2D eigenvalue weighted by Gasteiger charge is -2.58. The number of hydrogen-bond acceptors (Lipinski definition) is 3. The van der Waals surface area contributed by atoms with Crippen LogP contribution < -0.4 is 0 Å². The van der Waals surface area contributed by atoms with Crippen LogP contribution in [0.3, 0.4) is 0 Å². The van der Waals surface area contributed by atoms with Crippen molar-refractivity contribution in [3.05, 3.63) is 23.3 Å². The maximum absolute atomic E-state index is 13.0. The van der Waals surface area contributed by atoms with Crippen molar-refractivity contribution < 1.29 is 14.3 Å². The molecule has 0 bridgehead atoms. The van der Waals surface area contributed by atoms with E-state index >= 15 is 0 Å². The Morgan fingerprint density at radius 3 is 2.44 bits per heavy atom. The minimum atomic E-state index is -0.150. The standard InChI is InChI=1S/C29H44O3/c1-18(2)7-12-27(31)19(3)24-10-11-25-23-9-8-21-17-22(32-20(4)30)13-15-28(21,5)26(23)14-16-29(24,25)6/h8,10,18-19,22-23,25-26H,7,9,11-17H2,1-6H3/t19-,22-,23-,25-,26-,28-,29+/m0/s1. The molecule has 0 heterocycles. The van der Waals surface area contributed by atoms with Gasteiger partial charge in [-0.15, -0.1) is 0 Å². The smallest absolute Gasteiger partial charge is 0.302 e. The van der Waals surface area contributed by atoms with E-state index in [0.717, 1.165) is 50.9 Å². The van der Waals surface area contributed by atoms with Gasteiger partial charge in [0.1, 0.15) is 11.9 Å². The molecule has 0 aromatic carbocycles. The molecule has 7 atom stereocenters. The summed E-state index contributed by atoms with van der Waals surface area (Å²) in [6.07, 6.45) is 14.6. The van der Waals surface area contributed by atoms with Crippen molar-refractivity contribution in [2.24, 2.45) is 40.4 Å². The molecule has 178 valence electrons. The summed E-state index contributed by atoms with van der Waals surface area (Å²) in [4.78, 5) is 24.5. The van der Waals surface area contributed by atoms with Gasteiger partial charge in [-0.3, -0.25) is 9.59 Å². The molecule has 0 radical (unpaired) electrons. The van der Waals surface area contributed by atoms with Gasteiger partial charge in [0, 0.05) is 25.7 Å². The van der Waals surface area contributed by atoms with E-state index in [4.69, 9.17) is 4.74 Å². The molecule has 4 aliphatic rings. The van der Waals surface area contributed by atoms with E-state index in [2.05, 4.69) is 46.8 Å². The van der Waals surface area contributed by atoms with Crippen molar-refractivity contribution in [3.63, 3.8) is 0 Å². The van der Waals surface area contributed by atoms with Crippen molar-refractivity contribution in [1.82, 2.24) is 0 Å². The number of esters is 1. The van der Waals surface area contributed by atoms with E-state index in [1.807, 2.05) is 0 Å². The van der Waals surface area contributed by atoms with Crippen molar-refractivity contribution >= 4 is 11.8 Å². The first-order chi connectivity index (χ1) is 15.1. The number of allylic oxidation sites excluding steroid dienone is 3. The molecule has 4 rings (SSSR count). The second-order valence-electron chi connectivity index (χ2n) is 12.2. The van der Waals surface area contributed by atoms with Crippen LogP contribution in [0.5, 0.6) is 0 Å². The Balaban J connectivity index is 1.50. The largest absolute Gasteiger partial charge is 0.462 e. The third kappa shape index (κ3) is 4.03. The molecule has 4 aliphatic carbocycles. The van der Waals surface area contributed by atoms with Gasteiger partial charge >= 0.3 is 5.97 Å². The van der Waals surface area contributed by atoms with Crippen LogP contribution in [-0.2, 0) is 14.3 Å². The molecule has 0 aromatic rings. The molecule has 0 saturated heterocycles. The Labute approximate surface area is 195 Å². The van der Waals surface area contributed by atoms with Crippen molar-refractivity contribution in [3.8, 4) is 0 Å². The van der Waals surface area contributed by atoms with E-state index < -0.39 is 0 Å². The van der Waals surface area contributed by atoms with Gasteiger partial charge in [-0.1, -0.05) is 57.9 Å². The van der Waals surface area contributed by atoms with Gasteiger partial charge < -0.3 is 4.74 Å². The van der Waals surface area contributed by atoms with Crippen LogP contribution in [0.4, 0.5) is 0 Å². The average molecular weight is 441 g/mol. The summed E-state index contributed by atoms with van der Waals surface area (Å²) in [5.41, 5.74) is 3.43. The first-order valence-corrected chi connectivity index (χ1v) is 13.2. The number of rotatable bonds is 6. The van der Waals surface area contributed by atoms with Gasteiger partial charge in [0.25, 0.3) is 0 Å². The summed E-state index contributed by atoms with van der Waals surface area (Å²) in [6, 6.07) is 0. The van der Waals surface area contributed by atoms with Crippen LogP contribution in [0.2, 0.25) is 0 Å². The third-order valence-electron chi connectivity index (χ3n) is 9.95. The number of Topliss-reactive ketones (excluding diaryl/α,β-unsaturated/α-hetero) is 1. The number of ketones is 1. The Morgan fingerprint density at radius 1 is 1.03 bits per heavy atom. The average Bonchev–Trinajstić information content (AvgIpc) is 3.08. The summed E-state index contributed by atoms with van der Waals surface area (Å²) in [7, 11) is 0. The second kappa shape index (κ2) is 8.76. The molecule has 3 nitrogen and oxygen atoms in total. The fourth-order valence-electron chi connectivity index (χ4n) is 8.06. The zero-order valence-corrected chi connectivity index (χ0v) is 21.2. The molecular weight excluding hydrogens is 396 g/mol. The number of ether oxygens (including phenoxy) is 1. The summed E-state index contributed by atoms with van der Waals surface area (Å²) in [5, 5.41) is 0. The molecule has 3 heteroatoms. The molecule has 2 saturated carbocycles. The summed E-state index contributed by atoms with van der Waals surface area (Å²) in [6.45, 7) is 13.1. The van der Waals surface area contributed by atoms with E-state index in [-0.39, 0.29) is 28.8 Å². The van der Waals surface area contributed by atoms with Crippen LogP contribution in [0, 0.1) is 40.4 Å². The zero-order chi connectivity index (χ0) is 23.3. The Bertz CT molecular complexity index is 820. The molecule has 0 unspecified atom stereocenters.